The SMILES string of the molecule is COc1ccccc1-n1cc(C(=O)N2CCOC[C@@H](CO)C2)cn1. The summed E-state index contributed by atoms with van der Waals surface area (Å²) >= 11 is 0. The summed E-state index contributed by atoms with van der Waals surface area (Å²) in [6.45, 7) is 1.94. The molecule has 24 heavy (non-hydrogen) atoms. The van der Waals surface area contributed by atoms with Gasteiger partial charge >= 0.3 is 0 Å². The minimum absolute atomic E-state index is 0.00422. The predicted molar refractivity (Wildman–Crippen MR) is 87.4 cm³/mol. The molecular formula is C17H21N3O4. The predicted octanol–water partition coefficient (Wildman–Crippen LogP) is 0.962. The van der Waals surface area contributed by atoms with E-state index in [1.807, 2.05) is 24.3 Å². The van der Waals surface area contributed by atoms with Crippen LogP contribution in [0.2, 0.25) is 0 Å². The minimum atomic E-state index is -0.111. The van der Waals surface area contributed by atoms with Gasteiger partial charge in [0.25, 0.3) is 5.91 Å². The van der Waals surface area contributed by atoms with Gasteiger partial charge in [-0.15, -0.1) is 0 Å². The summed E-state index contributed by atoms with van der Waals surface area (Å²) in [6.07, 6.45) is 3.24. The quantitative estimate of drug-likeness (QED) is 0.903. The van der Waals surface area contributed by atoms with Gasteiger partial charge in [-0.3, -0.25) is 4.79 Å². The lowest BCUT2D eigenvalue weighted by Gasteiger charge is -2.21. The molecule has 0 spiro atoms. The molecule has 7 nitrogen and oxygen atoms in total. The van der Waals surface area contributed by atoms with Crippen molar-refractivity contribution in [3.63, 3.8) is 0 Å². The molecule has 1 saturated heterocycles. The van der Waals surface area contributed by atoms with Gasteiger partial charge in [0.2, 0.25) is 0 Å². The van der Waals surface area contributed by atoms with Crippen LogP contribution in [0.3, 0.4) is 0 Å². The molecule has 2 aromatic rings. The van der Waals surface area contributed by atoms with Crippen molar-refractivity contribution in [3.05, 3.63) is 42.2 Å². The van der Waals surface area contributed by atoms with E-state index in [4.69, 9.17) is 9.47 Å². The Balaban J connectivity index is 1.80. The zero-order valence-electron chi connectivity index (χ0n) is 13.6. The molecule has 3 rings (SSSR count). The van der Waals surface area contributed by atoms with E-state index in [1.165, 1.54) is 0 Å². The molecule has 7 heteroatoms. The van der Waals surface area contributed by atoms with E-state index < -0.39 is 0 Å². The van der Waals surface area contributed by atoms with Crippen molar-refractivity contribution in [1.82, 2.24) is 14.7 Å². The number of ether oxygens (including phenoxy) is 2. The maximum Gasteiger partial charge on any atom is 0.257 e. The Bertz CT molecular complexity index is 701. The van der Waals surface area contributed by atoms with Gasteiger partial charge in [0, 0.05) is 31.8 Å². The number of rotatable bonds is 4. The lowest BCUT2D eigenvalue weighted by molar-refractivity contribution is 0.0728. The number of hydrogen-bond acceptors (Lipinski definition) is 5. The summed E-state index contributed by atoms with van der Waals surface area (Å²) < 4.78 is 12.4. The van der Waals surface area contributed by atoms with Crippen LogP contribution >= 0.6 is 0 Å². The molecular weight excluding hydrogens is 310 g/mol. The standard InChI is InChI=1S/C17H21N3O4/c1-23-16-5-3-2-4-15(16)20-10-14(8-18-20)17(22)19-6-7-24-12-13(9-19)11-21/h2-5,8,10,13,21H,6-7,9,11-12H2,1H3/t13-/m1/s1. The van der Waals surface area contributed by atoms with E-state index in [0.717, 1.165) is 5.69 Å². The highest BCUT2D eigenvalue weighted by Crippen LogP contribution is 2.22. The first-order valence-electron chi connectivity index (χ1n) is 7.89. The molecule has 2 heterocycles. The molecule has 1 aromatic carbocycles. The molecule has 1 fully saturated rings. The van der Waals surface area contributed by atoms with Gasteiger partial charge in [-0.05, 0) is 12.1 Å². The summed E-state index contributed by atoms with van der Waals surface area (Å²) in [5.41, 5.74) is 1.27. The number of aliphatic hydroxyl groups excluding tert-OH is 1. The number of methoxy groups -OCH3 is 1. The third kappa shape index (κ3) is 3.42. The van der Waals surface area contributed by atoms with Crippen LogP contribution in [0.25, 0.3) is 5.69 Å². The highest BCUT2D eigenvalue weighted by molar-refractivity contribution is 5.93. The van der Waals surface area contributed by atoms with Gasteiger partial charge in [0.1, 0.15) is 11.4 Å². The van der Waals surface area contributed by atoms with Crippen LogP contribution in [0.5, 0.6) is 5.75 Å². The second-order valence-corrected chi connectivity index (χ2v) is 5.72. The lowest BCUT2D eigenvalue weighted by atomic mass is 10.1. The fourth-order valence-corrected chi connectivity index (χ4v) is 2.74. The van der Waals surface area contributed by atoms with Gasteiger partial charge in [-0.25, -0.2) is 4.68 Å². The largest absolute Gasteiger partial charge is 0.494 e. The Hall–Kier alpha value is -2.38. The summed E-state index contributed by atoms with van der Waals surface area (Å²) in [5, 5.41) is 13.6. The maximum atomic E-state index is 12.7. The van der Waals surface area contributed by atoms with Gasteiger partial charge in [0.15, 0.2) is 0 Å². The van der Waals surface area contributed by atoms with Crippen molar-refractivity contribution in [1.29, 1.82) is 0 Å². The second-order valence-electron chi connectivity index (χ2n) is 5.72. The molecule has 0 aliphatic carbocycles. The van der Waals surface area contributed by atoms with E-state index in [1.54, 1.807) is 29.1 Å². The Morgan fingerprint density at radius 1 is 1.46 bits per heavy atom. The number of aliphatic hydroxyl groups is 1. The molecule has 1 atom stereocenters. The van der Waals surface area contributed by atoms with Crippen molar-refractivity contribution in [2.24, 2.45) is 5.92 Å². The van der Waals surface area contributed by atoms with Gasteiger partial charge in [-0.2, -0.15) is 5.10 Å². The smallest absolute Gasteiger partial charge is 0.257 e. The average Bonchev–Trinajstić information content (AvgIpc) is 2.99. The summed E-state index contributed by atoms with van der Waals surface area (Å²) in [6, 6.07) is 7.49. The Labute approximate surface area is 140 Å². The lowest BCUT2D eigenvalue weighted by Crippen LogP contribution is -2.36. The van der Waals surface area contributed by atoms with Gasteiger partial charge in [0.05, 0.1) is 32.1 Å². The minimum Gasteiger partial charge on any atom is -0.494 e. The first-order chi connectivity index (χ1) is 11.7. The van der Waals surface area contributed by atoms with Crippen molar-refractivity contribution >= 4 is 5.91 Å². The fourth-order valence-electron chi connectivity index (χ4n) is 2.74. The number of carbonyl (C=O) groups excluding carboxylic acids is 1. The van der Waals surface area contributed by atoms with Crippen LogP contribution in [0.4, 0.5) is 0 Å². The maximum absolute atomic E-state index is 12.7. The van der Waals surface area contributed by atoms with Crippen molar-refractivity contribution in [3.8, 4) is 11.4 Å². The molecule has 1 aliphatic heterocycles. The van der Waals surface area contributed by atoms with Crippen LogP contribution in [-0.2, 0) is 4.74 Å². The third-order valence-corrected chi connectivity index (χ3v) is 4.04. The van der Waals surface area contributed by atoms with E-state index in [2.05, 4.69) is 5.10 Å². The average molecular weight is 331 g/mol. The fraction of sp³-hybridized carbons (Fsp3) is 0.412. The number of amides is 1. The molecule has 128 valence electrons. The third-order valence-electron chi connectivity index (χ3n) is 4.04. The Kier molecular flexibility index (Phi) is 5.12. The van der Waals surface area contributed by atoms with Crippen LogP contribution in [0, 0.1) is 5.92 Å². The van der Waals surface area contributed by atoms with Crippen molar-refractivity contribution < 1.29 is 19.4 Å². The van der Waals surface area contributed by atoms with E-state index >= 15 is 0 Å². The van der Waals surface area contributed by atoms with E-state index in [0.29, 0.717) is 37.6 Å². The summed E-state index contributed by atoms with van der Waals surface area (Å²) in [5.74, 6) is 0.518. The first kappa shape index (κ1) is 16.5. The van der Waals surface area contributed by atoms with Gasteiger partial charge in [-0.1, -0.05) is 12.1 Å². The first-order valence-corrected chi connectivity index (χ1v) is 7.89. The molecule has 1 N–H and O–H groups in total. The zero-order chi connectivity index (χ0) is 16.9. The summed E-state index contributed by atoms with van der Waals surface area (Å²) in [4.78, 5) is 14.4. The zero-order valence-corrected chi connectivity index (χ0v) is 13.6. The van der Waals surface area contributed by atoms with Crippen molar-refractivity contribution in [2.75, 3.05) is 40.0 Å². The Morgan fingerprint density at radius 3 is 3.08 bits per heavy atom. The monoisotopic (exact) mass is 331 g/mol. The molecule has 0 radical (unpaired) electrons. The molecule has 1 aromatic heterocycles. The number of benzene rings is 1. The van der Waals surface area contributed by atoms with E-state index in [-0.39, 0.29) is 18.4 Å². The van der Waals surface area contributed by atoms with Gasteiger partial charge < -0.3 is 19.5 Å². The molecule has 1 aliphatic rings. The topological polar surface area (TPSA) is 76.8 Å². The second kappa shape index (κ2) is 7.46. The molecule has 0 saturated carbocycles. The molecule has 0 bridgehead atoms. The highest BCUT2D eigenvalue weighted by atomic mass is 16.5. The van der Waals surface area contributed by atoms with Crippen LogP contribution in [0.15, 0.2) is 36.7 Å². The number of para-hydroxylation sites is 2. The Morgan fingerprint density at radius 2 is 2.29 bits per heavy atom. The van der Waals surface area contributed by atoms with Crippen LogP contribution in [0.1, 0.15) is 10.4 Å². The van der Waals surface area contributed by atoms with E-state index in [9.17, 15) is 9.90 Å². The number of hydrogen-bond donors (Lipinski definition) is 1. The summed E-state index contributed by atoms with van der Waals surface area (Å²) in [7, 11) is 1.60. The van der Waals surface area contributed by atoms with Crippen LogP contribution < -0.4 is 4.74 Å². The van der Waals surface area contributed by atoms with Crippen molar-refractivity contribution in [2.45, 2.75) is 0 Å². The number of carbonyl (C=O) groups is 1. The normalized spacial score (nSPS) is 18.2. The molecule has 1 amide bonds. The highest BCUT2D eigenvalue weighted by Gasteiger charge is 2.24. The number of nitrogens with zero attached hydrogens (tertiary/aromatic N) is 3. The number of aromatic nitrogens is 2. The van der Waals surface area contributed by atoms with Crippen LogP contribution in [-0.4, -0.2) is 65.7 Å². The molecule has 0 unspecified atom stereocenters.